The Morgan fingerprint density at radius 3 is 2.40 bits per heavy atom. The maximum atomic E-state index is 10.7. The van der Waals surface area contributed by atoms with Crippen molar-refractivity contribution in [2.24, 2.45) is 14.1 Å². The van der Waals surface area contributed by atoms with Gasteiger partial charge in [-0.2, -0.15) is 0 Å². The van der Waals surface area contributed by atoms with Gasteiger partial charge in [-0.25, -0.2) is 4.68 Å². The summed E-state index contributed by atoms with van der Waals surface area (Å²) in [4.78, 5) is 21.5. The molecule has 0 atom stereocenters. The second-order valence-corrected chi connectivity index (χ2v) is 1.89. The van der Waals surface area contributed by atoms with Gasteiger partial charge in [0.25, 0.3) is 0 Å². The van der Waals surface area contributed by atoms with Gasteiger partial charge in [0.2, 0.25) is 6.33 Å². The van der Waals surface area contributed by atoms with E-state index >= 15 is 0 Å². The summed E-state index contributed by atoms with van der Waals surface area (Å²) in [5.74, 6) is 0. The van der Waals surface area contributed by atoms with Gasteiger partial charge in [-0.3, -0.25) is 14.2 Å². The molecule has 0 saturated carbocycles. The van der Waals surface area contributed by atoms with Crippen LogP contribution in [-0.2, 0) is 14.1 Å². The maximum Gasteiger partial charge on any atom is 0.332 e. The number of hydrogen-bond donors (Lipinski definition) is 0. The normalized spacial score (nSPS) is 9.80. The SMILES string of the molecule is Cn1[c]nn(C)c(=O)c1=O. The van der Waals surface area contributed by atoms with E-state index in [0.29, 0.717) is 0 Å². The van der Waals surface area contributed by atoms with Crippen LogP contribution in [0.15, 0.2) is 9.59 Å². The van der Waals surface area contributed by atoms with Crippen molar-refractivity contribution in [3.8, 4) is 0 Å². The summed E-state index contributed by atoms with van der Waals surface area (Å²) in [5.41, 5.74) is -1.25. The molecule has 0 bridgehead atoms. The maximum absolute atomic E-state index is 10.7. The highest BCUT2D eigenvalue weighted by molar-refractivity contribution is 4.73. The lowest BCUT2D eigenvalue weighted by Crippen LogP contribution is -2.40. The van der Waals surface area contributed by atoms with Gasteiger partial charge in [-0.05, 0) is 0 Å². The van der Waals surface area contributed by atoms with Crippen LogP contribution >= 0.6 is 0 Å². The number of rotatable bonds is 0. The first-order chi connectivity index (χ1) is 4.63. The first-order valence-electron chi connectivity index (χ1n) is 2.65. The fourth-order valence-corrected chi connectivity index (χ4v) is 0.507. The Labute approximate surface area is 56.5 Å². The first-order valence-corrected chi connectivity index (χ1v) is 2.65. The lowest BCUT2D eigenvalue weighted by Gasteiger charge is -1.93. The molecule has 0 fully saturated rings. The van der Waals surface area contributed by atoms with E-state index in [1.54, 1.807) is 0 Å². The third-order valence-corrected chi connectivity index (χ3v) is 1.13. The van der Waals surface area contributed by atoms with E-state index in [0.717, 1.165) is 9.25 Å². The zero-order chi connectivity index (χ0) is 7.72. The summed E-state index contributed by atoms with van der Waals surface area (Å²) in [6.07, 6.45) is 2.33. The van der Waals surface area contributed by atoms with Crippen LogP contribution in [0, 0.1) is 6.33 Å². The number of hydrogen-bond acceptors (Lipinski definition) is 3. The highest BCUT2D eigenvalue weighted by atomic mass is 16.2. The van der Waals surface area contributed by atoms with E-state index in [2.05, 4.69) is 11.4 Å². The minimum atomic E-state index is -0.638. The van der Waals surface area contributed by atoms with Crippen molar-refractivity contribution in [3.63, 3.8) is 0 Å². The monoisotopic (exact) mass is 140 g/mol. The van der Waals surface area contributed by atoms with E-state index in [1.165, 1.54) is 14.1 Å². The molecule has 1 rings (SSSR count). The summed E-state index contributed by atoms with van der Waals surface area (Å²) in [5, 5.41) is 3.48. The Morgan fingerprint density at radius 2 is 1.90 bits per heavy atom. The Bertz CT molecular complexity index is 314. The predicted molar refractivity (Wildman–Crippen MR) is 33.6 cm³/mol. The zero-order valence-electron chi connectivity index (χ0n) is 5.66. The van der Waals surface area contributed by atoms with Crippen LogP contribution in [0.25, 0.3) is 0 Å². The summed E-state index contributed by atoms with van der Waals surface area (Å²) < 4.78 is 1.96. The number of nitrogens with zero attached hydrogens (tertiary/aromatic N) is 3. The molecule has 53 valence electrons. The van der Waals surface area contributed by atoms with Crippen molar-refractivity contribution >= 4 is 0 Å². The van der Waals surface area contributed by atoms with Gasteiger partial charge in [0.15, 0.2) is 0 Å². The van der Waals surface area contributed by atoms with Crippen LogP contribution in [0.1, 0.15) is 0 Å². The highest BCUT2D eigenvalue weighted by Crippen LogP contribution is 1.58. The third-order valence-electron chi connectivity index (χ3n) is 1.13. The first kappa shape index (κ1) is 6.73. The van der Waals surface area contributed by atoms with Crippen LogP contribution in [0.2, 0.25) is 0 Å². The van der Waals surface area contributed by atoms with E-state index in [-0.39, 0.29) is 0 Å². The molecule has 0 aromatic carbocycles. The molecule has 1 aromatic heterocycles. The summed E-state index contributed by atoms with van der Waals surface area (Å²) >= 11 is 0. The Morgan fingerprint density at radius 1 is 1.30 bits per heavy atom. The van der Waals surface area contributed by atoms with Crippen molar-refractivity contribution in [1.29, 1.82) is 0 Å². The van der Waals surface area contributed by atoms with E-state index < -0.39 is 11.1 Å². The minimum absolute atomic E-state index is 0.613. The molecular formula is C5H6N3O2. The molecule has 5 nitrogen and oxygen atoms in total. The molecule has 5 heteroatoms. The van der Waals surface area contributed by atoms with Crippen molar-refractivity contribution in [1.82, 2.24) is 14.3 Å². The van der Waals surface area contributed by atoms with Crippen LogP contribution in [0.4, 0.5) is 0 Å². The second kappa shape index (κ2) is 2.09. The lowest BCUT2D eigenvalue weighted by atomic mass is 10.7. The van der Waals surface area contributed by atoms with Crippen molar-refractivity contribution in [2.45, 2.75) is 0 Å². The number of aryl methyl sites for hydroxylation is 2. The summed E-state index contributed by atoms with van der Waals surface area (Å²) in [7, 11) is 2.83. The average molecular weight is 140 g/mol. The topological polar surface area (TPSA) is 56.9 Å². The van der Waals surface area contributed by atoms with Gasteiger partial charge in [0.05, 0.1) is 0 Å². The van der Waals surface area contributed by atoms with Gasteiger partial charge in [0, 0.05) is 14.1 Å². The molecule has 10 heavy (non-hydrogen) atoms. The summed E-state index contributed by atoms with van der Waals surface area (Å²) in [6.45, 7) is 0. The minimum Gasteiger partial charge on any atom is -0.287 e. The highest BCUT2D eigenvalue weighted by Gasteiger charge is 1.97. The molecule has 0 aliphatic carbocycles. The lowest BCUT2D eigenvalue weighted by molar-refractivity contribution is 0.623. The largest absolute Gasteiger partial charge is 0.332 e. The predicted octanol–water partition coefficient (Wildman–Crippen LogP) is -1.72. The van der Waals surface area contributed by atoms with Gasteiger partial charge in [-0.15, -0.1) is 5.10 Å². The molecule has 0 aliphatic rings. The molecular weight excluding hydrogens is 134 g/mol. The third kappa shape index (κ3) is 0.854. The quantitative estimate of drug-likeness (QED) is 0.403. The fourth-order valence-electron chi connectivity index (χ4n) is 0.507. The van der Waals surface area contributed by atoms with Gasteiger partial charge in [0.1, 0.15) is 0 Å². The van der Waals surface area contributed by atoms with Gasteiger partial charge >= 0.3 is 11.1 Å². The molecule has 1 radical (unpaired) electrons. The standard InChI is InChI=1S/C5H6N3O2/c1-7-3-6-8(2)5(10)4(7)9/h1-2H3. The second-order valence-electron chi connectivity index (χ2n) is 1.89. The Hall–Kier alpha value is -1.39. The van der Waals surface area contributed by atoms with Crippen LogP contribution in [0.5, 0.6) is 0 Å². The average Bonchev–Trinajstić information content (AvgIpc) is 1.93. The fraction of sp³-hybridized carbons (Fsp3) is 0.400. The molecule has 0 spiro atoms. The molecule has 0 N–H and O–H groups in total. The molecule has 0 unspecified atom stereocenters. The van der Waals surface area contributed by atoms with Crippen molar-refractivity contribution in [2.75, 3.05) is 0 Å². The van der Waals surface area contributed by atoms with Crippen LogP contribution in [-0.4, -0.2) is 14.3 Å². The van der Waals surface area contributed by atoms with Crippen LogP contribution < -0.4 is 11.1 Å². The zero-order valence-corrected chi connectivity index (χ0v) is 5.66. The molecule has 1 aromatic rings. The molecule has 1 heterocycles. The summed E-state index contributed by atoms with van der Waals surface area (Å²) in [6, 6.07) is 0. The van der Waals surface area contributed by atoms with E-state index in [9.17, 15) is 9.59 Å². The molecule has 0 amide bonds. The van der Waals surface area contributed by atoms with Crippen molar-refractivity contribution < 1.29 is 0 Å². The van der Waals surface area contributed by atoms with E-state index in [1.807, 2.05) is 0 Å². The molecule has 0 aliphatic heterocycles. The Balaban J connectivity index is 3.67. The Kier molecular flexibility index (Phi) is 1.41. The number of aromatic nitrogens is 3. The van der Waals surface area contributed by atoms with E-state index in [4.69, 9.17) is 0 Å². The van der Waals surface area contributed by atoms with Gasteiger partial charge in [-0.1, -0.05) is 0 Å². The van der Waals surface area contributed by atoms with Gasteiger partial charge < -0.3 is 0 Å². The smallest absolute Gasteiger partial charge is 0.287 e. The van der Waals surface area contributed by atoms with Crippen LogP contribution in [0.3, 0.4) is 0 Å². The molecule has 0 saturated heterocycles. The van der Waals surface area contributed by atoms with Crippen molar-refractivity contribution in [3.05, 3.63) is 27.0 Å².